The van der Waals surface area contributed by atoms with Gasteiger partial charge in [0.1, 0.15) is 0 Å². The van der Waals surface area contributed by atoms with Crippen molar-refractivity contribution in [3.8, 4) is 11.1 Å². The van der Waals surface area contributed by atoms with Gasteiger partial charge in [-0.3, -0.25) is 4.90 Å². The fourth-order valence-electron chi connectivity index (χ4n) is 2.88. The third-order valence-corrected chi connectivity index (χ3v) is 5.82. The molecule has 3 rings (SSSR count). The molecular formula is C21H20Cl2N2OS. The molecule has 140 valence electrons. The van der Waals surface area contributed by atoms with Crippen LogP contribution in [0.2, 0.25) is 10.0 Å². The summed E-state index contributed by atoms with van der Waals surface area (Å²) < 4.78 is 0. The Hall–Kier alpha value is -2.01. The van der Waals surface area contributed by atoms with Gasteiger partial charge in [-0.2, -0.15) is 11.3 Å². The lowest BCUT2D eigenvalue weighted by atomic mass is 9.85. The first-order valence-electron chi connectivity index (χ1n) is 8.41. The number of nitrogens with zero attached hydrogens (tertiary/aromatic N) is 1. The zero-order valence-corrected chi connectivity index (χ0v) is 17.6. The molecule has 2 aromatic carbocycles. The first-order valence-corrected chi connectivity index (χ1v) is 10.1. The van der Waals surface area contributed by atoms with E-state index in [4.69, 9.17) is 28.9 Å². The number of anilines is 2. The van der Waals surface area contributed by atoms with E-state index in [9.17, 15) is 4.79 Å². The minimum absolute atomic E-state index is 0.0939. The van der Waals surface area contributed by atoms with Crippen LogP contribution in [0.4, 0.5) is 16.2 Å². The highest BCUT2D eigenvalue weighted by Gasteiger charge is 2.25. The van der Waals surface area contributed by atoms with E-state index in [0.29, 0.717) is 16.4 Å². The highest BCUT2D eigenvalue weighted by Crippen LogP contribution is 2.42. The average molecular weight is 419 g/mol. The molecule has 0 spiro atoms. The van der Waals surface area contributed by atoms with Crippen molar-refractivity contribution in [3.63, 3.8) is 0 Å². The molecule has 27 heavy (non-hydrogen) atoms. The van der Waals surface area contributed by atoms with Crippen LogP contribution in [0.3, 0.4) is 0 Å². The van der Waals surface area contributed by atoms with Crippen molar-refractivity contribution >= 4 is 51.9 Å². The Labute approximate surface area is 173 Å². The molecule has 0 aliphatic heterocycles. The second kappa shape index (κ2) is 7.55. The lowest BCUT2D eigenvalue weighted by molar-refractivity contribution is 0.256. The van der Waals surface area contributed by atoms with Gasteiger partial charge >= 0.3 is 6.03 Å². The first-order chi connectivity index (χ1) is 12.7. The fourth-order valence-corrected chi connectivity index (χ4v) is 3.91. The van der Waals surface area contributed by atoms with E-state index in [1.807, 2.05) is 29.0 Å². The molecule has 0 atom stereocenters. The number of urea groups is 1. The van der Waals surface area contributed by atoms with Crippen molar-refractivity contribution in [2.24, 2.45) is 5.73 Å². The summed E-state index contributed by atoms with van der Waals surface area (Å²) in [5.41, 5.74) is 9.83. The van der Waals surface area contributed by atoms with Crippen LogP contribution in [0.15, 0.2) is 53.2 Å². The van der Waals surface area contributed by atoms with E-state index >= 15 is 0 Å². The van der Waals surface area contributed by atoms with Crippen LogP contribution >= 0.6 is 34.5 Å². The van der Waals surface area contributed by atoms with Crippen LogP contribution in [0, 0.1) is 0 Å². The van der Waals surface area contributed by atoms with Gasteiger partial charge in [-0.15, -0.1) is 0 Å². The molecule has 2 amide bonds. The Balaban J connectivity index is 2.30. The van der Waals surface area contributed by atoms with Crippen LogP contribution < -0.4 is 10.6 Å². The minimum Gasteiger partial charge on any atom is -0.351 e. The largest absolute Gasteiger partial charge is 0.351 e. The molecule has 0 aliphatic rings. The number of nitrogens with two attached hydrogens (primary N) is 1. The molecule has 2 N–H and O–H groups in total. The predicted octanol–water partition coefficient (Wildman–Crippen LogP) is 7.24. The summed E-state index contributed by atoms with van der Waals surface area (Å²) in [5.74, 6) is 0. The summed E-state index contributed by atoms with van der Waals surface area (Å²) in [6.45, 7) is 6.37. The number of amides is 2. The van der Waals surface area contributed by atoms with Crippen molar-refractivity contribution in [1.82, 2.24) is 0 Å². The van der Waals surface area contributed by atoms with Crippen LogP contribution in [-0.2, 0) is 5.41 Å². The quantitative estimate of drug-likeness (QED) is 0.478. The SMILES string of the molecule is CC(C)(C)c1ccc(-c2ccsc2)c(N(C(N)=O)c2cccc(Cl)c2Cl)c1. The number of rotatable bonds is 3. The summed E-state index contributed by atoms with van der Waals surface area (Å²) >= 11 is 14.2. The minimum atomic E-state index is -0.623. The Bertz CT molecular complexity index is 978. The van der Waals surface area contributed by atoms with Crippen LogP contribution in [0.1, 0.15) is 26.3 Å². The molecule has 0 aliphatic carbocycles. The maximum atomic E-state index is 12.5. The van der Waals surface area contributed by atoms with Gasteiger partial charge in [-0.1, -0.05) is 62.2 Å². The number of hydrogen-bond acceptors (Lipinski definition) is 2. The lowest BCUT2D eigenvalue weighted by Crippen LogP contribution is -2.32. The summed E-state index contributed by atoms with van der Waals surface area (Å²) in [4.78, 5) is 13.9. The first kappa shape index (κ1) is 19.7. The molecule has 1 heterocycles. The van der Waals surface area contributed by atoms with E-state index in [-0.39, 0.29) is 10.4 Å². The molecule has 0 unspecified atom stereocenters. The highest BCUT2D eigenvalue weighted by molar-refractivity contribution is 7.08. The summed E-state index contributed by atoms with van der Waals surface area (Å²) in [6.07, 6.45) is 0. The average Bonchev–Trinajstić information content (AvgIpc) is 3.12. The smallest absolute Gasteiger partial charge is 0.323 e. The van der Waals surface area contributed by atoms with E-state index in [1.54, 1.807) is 29.5 Å². The molecule has 0 bridgehead atoms. The molecule has 6 heteroatoms. The summed E-state index contributed by atoms with van der Waals surface area (Å²) in [7, 11) is 0. The number of carbonyl (C=O) groups is 1. The number of halogens is 2. The number of carbonyl (C=O) groups excluding carboxylic acids is 1. The molecule has 0 saturated carbocycles. The monoisotopic (exact) mass is 418 g/mol. The van der Waals surface area contributed by atoms with Crippen molar-refractivity contribution in [2.45, 2.75) is 26.2 Å². The second-order valence-electron chi connectivity index (χ2n) is 7.24. The molecular weight excluding hydrogens is 399 g/mol. The van der Waals surface area contributed by atoms with Gasteiger partial charge in [-0.05, 0) is 51.6 Å². The van der Waals surface area contributed by atoms with Gasteiger partial charge in [0.05, 0.1) is 21.4 Å². The Morgan fingerprint density at radius 2 is 1.81 bits per heavy atom. The standard InChI is InChI=1S/C21H20Cl2N2OS/c1-21(2,3)14-7-8-15(13-9-10-27-12-13)18(11-14)25(20(24)26)17-6-4-5-16(22)19(17)23/h4-12H,1-3H3,(H2,24,26). The van der Waals surface area contributed by atoms with Gasteiger partial charge in [0, 0.05) is 5.56 Å². The van der Waals surface area contributed by atoms with Gasteiger partial charge < -0.3 is 5.73 Å². The zero-order chi connectivity index (χ0) is 19.8. The van der Waals surface area contributed by atoms with Gasteiger partial charge in [-0.25, -0.2) is 4.79 Å². The Morgan fingerprint density at radius 3 is 2.41 bits per heavy atom. The third-order valence-electron chi connectivity index (χ3n) is 4.33. The van der Waals surface area contributed by atoms with E-state index in [0.717, 1.165) is 16.7 Å². The van der Waals surface area contributed by atoms with Crippen molar-refractivity contribution in [3.05, 3.63) is 68.8 Å². The molecule has 0 saturated heterocycles. The summed E-state index contributed by atoms with van der Waals surface area (Å²) in [6, 6.07) is 12.6. The molecule has 3 aromatic rings. The van der Waals surface area contributed by atoms with Crippen LogP contribution in [0.5, 0.6) is 0 Å². The second-order valence-corrected chi connectivity index (χ2v) is 8.81. The van der Waals surface area contributed by atoms with Crippen molar-refractivity contribution in [1.29, 1.82) is 0 Å². The van der Waals surface area contributed by atoms with Gasteiger partial charge in [0.25, 0.3) is 0 Å². The van der Waals surface area contributed by atoms with Crippen molar-refractivity contribution < 1.29 is 4.79 Å². The highest BCUT2D eigenvalue weighted by atomic mass is 35.5. The van der Waals surface area contributed by atoms with E-state index in [1.165, 1.54) is 4.90 Å². The fraction of sp³-hybridized carbons (Fsp3) is 0.190. The van der Waals surface area contributed by atoms with Crippen LogP contribution in [-0.4, -0.2) is 6.03 Å². The number of hydrogen-bond donors (Lipinski definition) is 1. The van der Waals surface area contributed by atoms with E-state index < -0.39 is 6.03 Å². The molecule has 0 fully saturated rings. The molecule has 1 aromatic heterocycles. The molecule has 0 radical (unpaired) electrons. The summed E-state index contributed by atoms with van der Waals surface area (Å²) in [5, 5.41) is 4.69. The van der Waals surface area contributed by atoms with Gasteiger partial charge in [0.2, 0.25) is 0 Å². The van der Waals surface area contributed by atoms with Crippen molar-refractivity contribution in [2.75, 3.05) is 4.90 Å². The number of benzene rings is 2. The lowest BCUT2D eigenvalue weighted by Gasteiger charge is -2.28. The van der Waals surface area contributed by atoms with Crippen LogP contribution in [0.25, 0.3) is 11.1 Å². The maximum Gasteiger partial charge on any atom is 0.323 e. The Morgan fingerprint density at radius 1 is 1.07 bits per heavy atom. The topological polar surface area (TPSA) is 46.3 Å². The maximum absolute atomic E-state index is 12.5. The van der Waals surface area contributed by atoms with E-state index in [2.05, 4.69) is 26.8 Å². The normalized spacial score (nSPS) is 11.4. The Kier molecular flexibility index (Phi) is 5.52. The van der Waals surface area contributed by atoms with Gasteiger partial charge in [0.15, 0.2) is 0 Å². The predicted molar refractivity (Wildman–Crippen MR) is 117 cm³/mol. The third kappa shape index (κ3) is 3.98. The number of thiophene rings is 1. The molecule has 3 nitrogen and oxygen atoms in total. The zero-order valence-electron chi connectivity index (χ0n) is 15.3. The number of primary amides is 1.